The summed E-state index contributed by atoms with van der Waals surface area (Å²) in [7, 11) is -4.20. The van der Waals surface area contributed by atoms with Crippen molar-refractivity contribution in [3.63, 3.8) is 0 Å². The molecule has 0 saturated carbocycles. The van der Waals surface area contributed by atoms with E-state index in [2.05, 4.69) is 42.6 Å². The number of nitrogens with zero attached hydrogens (tertiary/aromatic N) is 3. The van der Waals surface area contributed by atoms with Gasteiger partial charge in [-0.2, -0.15) is 5.26 Å². The molecule has 1 atom stereocenters. The molecule has 0 aliphatic rings. The molecule has 1 aromatic heterocycles. The minimum absolute atomic E-state index is 0.0000660. The van der Waals surface area contributed by atoms with Crippen molar-refractivity contribution in [2.24, 2.45) is 0 Å². The van der Waals surface area contributed by atoms with Gasteiger partial charge in [0.1, 0.15) is 16.5 Å². The van der Waals surface area contributed by atoms with Crippen LogP contribution in [0.15, 0.2) is 78.0 Å². The fourth-order valence-electron chi connectivity index (χ4n) is 3.73. The summed E-state index contributed by atoms with van der Waals surface area (Å²) in [5, 5.41) is 21.2. The number of halogens is 1. The molecule has 3 aromatic carbocycles. The number of aromatic nitrogens is 2. The molecule has 0 spiro atoms. The molecule has 38 heavy (non-hydrogen) atoms. The molecule has 1 heterocycles. The van der Waals surface area contributed by atoms with Gasteiger partial charge in [-0.3, -0.25) is 19.5 Å². The number of rotatable bonds is 9. The number of amides is 1. The van der Waals surface area contributed by atoms with Crippen LogP contribution in [0.3, 0.4) is 0 Å². The number of benzene rings is 3. The van der Waals surface area contributed by atoms with Crippen LogP contribution in [0.5, 0.6) is 0 Å². The second-order valence-electron chi connectivity index (χ2n) is 8.18. The number of para-hydroxylation sites is 1. The molecule has 0 aliphatic heterocycles. The summed E-state index contributed by atoms with van der Waals surface area (Å²) in [6.45, 7) is 0. The topological polar surface area (TPSA) is 162 Å². The Morgan fingerprint density at radius 3 is 2.42 bits per heavy atom. The minimum Gasteiger partial charge on any atom is -0.480 e. The lowest BCUT2D eigenvalue weighted by Gasteiger charge is -2.18. The van der Waals surface area contributed by atoms with Gasteiger partial charge in [0, 0.05) is 23.2 Å². The predicted molar refractivity (Wildman–Crippen MR) is 148 cm³/mol. The van der Waals surface area contributed by atoms with Gasteiger partial charge in [-0.05, 0) is 47.5 Å². The molecule has 1 unspecified atom stereocenters. The fourth-order valence-corrected chi connectivity index (χ4v) is 5.44. The summed E-state index contributed by atoms with van der Waals surface area (Å²) < 4.78 is 29.8. The first-order chi connectivity index (χ1) is 18.2. The van der Waals surface area contributed by atoms with Gasteiger partial charge in [-0.1, -0.05) is 46.9 Å². The van der Waals surface area contributed by atoms with Crippen molar-refractivity contribution in [2.75, 3.05) is 4.72 Å². The first kappa shape index (κ1) is 27.0. The molecule has 0 bridgehead atoms. The highest BCUT2D eigenvalue weighted by Crippen LogP contribution is 2.26. The van der Waals surface area contributed by atoms with Gasteiger partial charge in [0.05, 0.1) is 28.4 Å². The van der Waals surface area contributed by atoms with Crippen molar-refractivity contribution in [1.29, 1.82) is 5.26 Å². The monoisotopic (exact) mass is 641 g/mol. The molecule has 1 amide bonds. The van der Waals surface area contributed by atoms with E-state index in [1.807, 2.05) is 6.07 Å². The number of carbonyl (C=O) groups excluding carboxylic acids is 1. The van der Waals surface area contributed by atoms with Crippen molar-refractivity contribution in [1.82, 2.24) is 15.3 Å². The number of carboxylic acid groups (broad SMARTS) is 1. The van der Waals surface area contributed by atoms with E-state index in [4.69, 9.17) is 5.26 Å². The van der Waals surface area contributed by atoms with Crippen LogP contribution < -0.4 is 10.0 Å². The average molecular weight is 641 g/mol. The van der Waals surface area contributed by atoms with E-state index in [-0.39, 0.29) is 28.1 Å². The third-order valence-electron chi connectivity index (χ3n) is 5.60. The molecule has 0 aliphatic carbocycles. The van der Waals surface area contributed by atoms with Crippen molar-refractivity contribution in [2.45, 2.75) is 21.8 Å². The third kappa shape index (κ3) is 6.06. The van der Waals surface area contributed by atoms with Crippen LogP contribution in [0.1, 0.15) is 27.0 Å². The first-order valence-electron chi connectivity index (χ1n) is 11.2. The summed E-state index contributed by atoms with van der Waals surface area (Å²) in [5.74, 6) is -2.02. The average Bonchev–Trinajstić information content (AvgIpc) is 2.92. The predicted octanol–water partition coefficient (Wildman–Crippen LogP) is 3.66. The standard InChI is InChI=1S/C26H20IN5O5S/c27-14-18-8-9-19(25(33)31-22(26(34)35)12-16-4-6-17(15-28)7-5-16)21(13-18)32-38(36,37)23-3-1-2-20-24(23)30-11-10-29-20/h1-11,13,22,32H,12,14H2,(H,31,33)(H,34,35). The van der Waals surface area contributed by atoms with Gasteiger partial charge in [0.2, 0.25) is 0 Å². The van der Waals surface area contributed by atoms with E-state index in [1.165, 1.54) is 30.6 Å². The molecule has 192 valence electrons. The zero-order valence-electron chi connectivity index (χ0n) is 19.6. The molecule has 4 rings (SSSR count). The number of carboxylic acids is 1. The van der Waals surface area contributed by atoms with Gasteiger partial charge in [-0.15, -0.1) is 0 Å². The lowest BCUT2D eigenvalue weighted by atomic mass is 10.0. The Kier molecular flexibility index (Phi) is 8.18. The number of nitriles is 1. The molecule has 4 aromatic rings. The molecule has 0 saturated heterocycles. The smallest absolute Gasteiger partial charge is 0.326 e. The number of anilines is 1. The Hall–Kier alpha value is -4.09. The molecule has 0 radical (unpaired) electrons. The maximum Gasteiger partial charge on any atom is 0.326 e. The van der Waals surface area contributed by atoms with Crippen LogP contribution in [-0.2, 0) is 25.7 Å². The number of sulfonamides is 1. The Labute approximate surface area is 231 Å². The second-order valence-corrected chi connectivity index (χ2v) is 10.6. The molecule has 0 fully saturated rings. The van der Waals surface area contributed by atoms with Gasteiger partial charge in [0.25, 0.3) is 15.9 Å². The van der Waals surface area contributed by atoms with E-state index >= 15 is 0 Å². The minimum atomic E-state index is -4.20. The van der Waals surface area contributed by atoms with Crippen molar-refractivity contribution >= 4 is 61.2 Å². The van der Waals surface area contributed by atoms with Crippen molar-refractivity contribution in [3.8, 4) is 6.07 Å². The third-order valence-corrected chi connectivity index (χ3v) is 7.88. The fraction of sp³-hybridized carbons (Fsp3) is 0.115. The molecule has 12 heteroatoms. The summed E-state index contributed by atoms with van der Waals surface area (Å²) in [6, 6.07) is 16.3. The highest BCUT2D eigenvalue weighted by molar-refractivity contribution is 14.1. The summed E-state index contributed by atoms with van der Waals surface area (Å²) >= 11 is 2.11. The van der Waals surface area contributed by atoms with Gasteiger partial charge >= 0.3 is 5.97 Å². The molecular weight excluding hydrogens is 621 g/mol. The molecule has 3 N–H and O–H groups in total. The summed E-state index contributed by atoms with van der Waals surface area (Å²) in [4.78, 5) is 33.3. The van der Waals surface area contributed by atoms with E-state index in [9.17, 15) is 23.1 Å². The summed E-state index contributed by atoms with van der Waals surface area (Å²) in [6.07, 6.45) is 2.81. The normalized spacial score (nSPS) is 11.9. The number of nitrogens with one attached hydrogen (secondary N) is 2. The van der Waals surface area contributed by atoms with Crippen LogP contribution in [0.4, 0.5) is 5.69 Å². The van der Waals surface area contributed by atoms with E-state index < -0.39 is 27.9 Å². The van der Waals surface area contributed by atoms with Crippen LogP contribution in [0.25, 0.3) is 11.0 Å². The number of alkyl halides is 1. The number of fused-ring (bicyclic) bond motifs is 1. The van der Waals surface area contributed by atoms with Crippen LogP contribution in [0, 0.1) is 11.3 Å². The van der Waals surface area contributed by atoms with Crippen LogP contribution in [0.2, 0.25) is 0 Å². The highest BCUT2D eigenvalue weighted by Gasteiger charge is 2.25. The highest BCUT2D eigenvalue weighted by atomic mass is 127. The quantitative estimate of drug-likeness (QED) is 0.184. The number of hydrogen-bond acceptors (Lipinski definition) is 7. The number of hydrogen-bond donors (Lipinski definition) is 3. The van der Waals surface area contributed by atoms with Gasteiger partial charge in [0.15, 0.2) is 0 Å². The SMILES string of the molecule is N#Cc1ccc(CC(NC(=O)c2ccc(CI)cc2NS(=O)(=O)c2cccc3nccnc23)C(=O)O)cc1. The second kappa shape index (κ2) is 11.5. The Morgan fingerprint density at radius 2 is 1.74 bits per heavy atom. The van der Waals surface area contributed by atoms with E-state index in [0.717, 1.165) is 5.56 Å². The maximum atomic E-state index is 13.4. The maximum absolute atomic E-state index is 13.4. The zero-order valence-corrected chi connectivity index (χ0v) is 22.6. The van der Waals surface area contributed by atoms with E-state index in [0.29, 0.717) is 21.1 Å². The number of aliphatic carboxylic acids is 1. The summed E-state index contributed by atoms with van der Waals surface area (Å²) in [5.41, 5.74) is 2.31. The molecule has 10 nitrogen and oxygen atoms in total. The van der Waals surface area contributed by atoms with Gasteiger partial charge < -0.3 is 10.4 Å². The molecular formula is C26H20IN5O5S. The van der Waals surface area contributed by atoms with E-state index in [1.54, 1.807) is 42.5 Å². The Bertz CT molecular complexity index is 1660. The lowest BCUT2D eigenvalue weighted by Crippen LogP contribution is -2.42. The number of carbonyl (C=O) groups is 2. The lowest BCUT2D eigenvalue weighted by molar-refractivity contribution is -0.139. The van der Waals surface area contributed by atoms with Crippen molar-refractivity contribution < 1.29 is 23.1 Å². The van der Waals surface area contributed by atoms with Crippen LogP contribution in [-0.4, -0.2) is 41.4 Å². The largest absolute Gasteiger partial charge is 0.480 e. The first-order valence-corrected chi connectivity index (χ1v) is 14.2. The zero-order chi connectivity index (χ0) is 27.3. The van der Waals surface area contributed by atoms with Crippen LogP contribution >= 0.6 is 22.6 Å². The van der Waals surface area contributed by atoms with Crippen molar-refractivity contribution in [3.05, 3.63) is 95.3 Å². The van der Waals surface area contributed by atoms with Gasteiger partial charge in [-0.25, -0.2) is 13.2 Å². The Balaban J connectivity index is 1.65. The Morgan fingerprint density at radius 1 is 1.03 bits per heavy atom.